The molecule has 0 heterocycles. The molecule has 0 aliphatic heterocycles. The Hall–Kier alpha value is -1.46. The normalized spacial score (nSPS) is 25.2. The van der Waals surface area contributed by atoms with Gasteiger partial charge in [-0.05, 0) is 31.6 Å². The molecule has 142 valence electrons. The molecule has 1 aliphatic carbocycles. The number of rotatable bonds is 12. The molecule has 1 fully saturated rings. The quantitative estimate of drug-likeness (QED) is 0.370. The minimum atomic E-state index is -0.798. The fraction of sp³-hybridized carbons (Fsp3) is 0.700. The molecule has 25 heavy (non-hydrogen) atoms. The Bertz CT molecular complexity index is 469. The number of allylic oxidation sites excluding steroid dienone is 2. The summed E-state index contributed by atoms with van der Waals surface area (Å²) in [6, 6.07) is 0. The number of carboxylic acid groups (broad SMARTS) is 1. The van der Waals surface area contributed by atoms with E-state index >= 15 is 0 Å². The smallest absolute Gasteiger partial charge is 0.303 e. The highest BCUT2D eigenvalue weighted by atomic mass is 16.4. The number of carbonyl (C=O) groups is 2. The zero-order valence-electron chi connectivity index (χ0n) is 15.1. The highest BCUT2D eigenvalue weighted by Gasteiger charge is 2.39. The van der Waals surface area contributed by atoms with Crippen LogP contribution in [0.15, 0.2) is 24.3 Å². The van der Waals surface area contributed by atoms with Gasteiger partial charge >= 0.3 is 5.97 Å². The van der Waals surface area contributed by atoms with Crippen LogP contribution in [-0.2, 0) is 9.59 Å². The second-order valence-electron chi connectivity index (χ2n) is 6.87. The Morgan fingerprint density at radius 3 is 2.72 bits per heavy atom. The molecule has 0 amide bonds. The maximum absolute atomic E-state index is 12.1. The SMILES string of the molecule is CCCCC[C@@H]1[C@H](O)CC(=O)[C@@H]1/C=C/[C@@H](O)C/C=C\CCCC(=O)O. The first-order valence-corrected chi connectivity index (χ1v) is 9.39. The van der Waals surface area contributed by atoms with Crippen molar-refractivity contribution in [2.24, 2.45) is 11.8 Å². The maximum atomic E-state index is 12.1. The van der Waals surface area contributed by atoms with Gasteiger partial charge in [-0.25, -0.2) is 0 Å². The van der Waals surface area contributed by atoms with Crippen molar-refractivity contribution in [1.82, 2.24) is 0 Å². The summed E-state index contributed by atoms with van der Waals surface area (Å²) in [5.41, 5.74) is 0. The first-order chi connectivity index (χ1) is 12.0. The molecule has 0 unspecified atom stereocenters. The van der Waals surface area contributed by atoms with Crippen molar-refractivity contribution in [3.05, 3.63) is 24.3 Å². The number of aliphatic hydroxyl groups excluding tert-OH is 2. The second-order valence-corrected chi connectivity index (χ2v) is 6.87. The zero-order chi connectivity index (χ0) is 18.7. The molecule has 0 saturated heterocycles. The van der Waals surface area contributed by atoms with E-state index < -0.39 is 18.2 Å². The summed E-state index contributed by atoms with van der Waals surface area (Å²) in [6.07, 6.45) is 12.0. The van der Waals surface area contributed by atoms with E-state index in [0.29, 0.717) is 19.3 Å². The Morgan fingerprint density at radius 1 is 1.28 bits per heavy atom. The highest BCUT2D eigenvalue weighted by molar-refractivity contribution is 5.85. The Morgan fingerprint density at radius 2 is 2.04 bits per heavy atom. The van der Waals surface area contributed by atoms with Gasteiger partial charge in [-0.3, -0.25) is 9.59 Å². The van der Waals surface area contributed by atoms with Crippen LogP contribution in [0, 0.1) is 11.8 Å². The average Bonchev–Trinajstić information content (AvgIpc) is 2.82. The van der Waals surface area contributed by atoms with Gasteiger partial charge in [0.1, 0.15) is 5.78 Å². The van der Waals surface area contributed by atoms with Gasteiger partial charge < -0.3 is 15.3 Å². The number of aliphatic carboxylic acids is 1. The summed E-state index contributed by atoms with van der Waals surface area (Å²) in [4.78, 5) is 22.5. The van der Waals surface area contributed by atoms with Crippen LogP contribution >= 0.6 is 0 Å². The van der Waals surface area contributed by atoms with Gasteiger partial charge in [0.2, 0.25) is 0 Å². The molecule has 1 rings (SSSR count). The monoisotopic (exact) mass is 352 g/mol. The van der Waals surface area contributed by atoms with Gasteiger partial charge in [-0.15, -0.1) is 0 Å². The number of aliphatic hydroxyl groups is 2. The summed E-state index contributed by atoms with van der Waals surface area (Å²) in [5, 5.41) is 28.6. The molecule has 5 heteroatoms. The third-order valence-corrected chi connectivity index (χ3v) is 4.72. The predicted molar refractivity (Wildman–Crippen MR) is 97.1 cm³/mol. The molecular formula is C20H32O5. The van der Waals surface area contributed by atoms with Crippen molar-refractivity contribution in [1.29, 1.82) is 0 Å². The van der Waals surface area contributed by atoms with Crippen LogP contribution < -0.4 is 0 Å². The lowest BCUT2D eigenvalue weighted by atomic mass is 9.88. The van der Waals surface area contributed by atoms with E-state index in [4.69, 9.17) is 5.11 Å². The van der Waals surface area contributed by atoms with Crippen molar-refractivity contribution in [3.8, 4) is 0 Å². The summed E-state index contributed by atoms with van der Waals surface area (Å²) in [6.45, 7) is 2.12. The van der Waals surface area contributed by atoms with Crippen LogP contribution in [0.2, 0.25) is 0 Å². The molecule has 0 spiro atoms. The Labute approximate surface area is 150 Å². The fourth-order valence-corrected chi connectivity index (χ4v) is 3.27. The van der Waals surface area contributed by atoms with Crippen LogP contribution in [0.3, 0.4) is 0 Å². The minimum Gasteiger partial charge on any atom is -0.481 e. The van der Waals surface area contributed by atoms with Crippen molar-refractivity contribution in [3.63, 3.8) is 0 Å². The molecule has 0 aromatic rings. The summed E-state index contributed by atoms with van der Waals surface area (Å²) in [7, 11) is 0. The number of hydrogen-bond acceptors (Lipinski definition) is 4. The third-order valence-electron chi connectivity index (χ3n) is 4.72. The Balaban J connectivity index is 2.41. The number of Topliss-reactive ketones (excluding diaryl/α,β-unsaturated/α-hetero) is 1. The van der Waals surface area contributed by atoms with Gasteiger partial charge in [-0.2, -0.15) is 0 Å². The highest BCUT2D eigenvalue weighted by Crippen LogP contribution is 2.34. The minimum absolute atomic E-state index is 0.0333. The molecule has 0 radical (unpaired) electrons. The second kappa shape index (κ2) is 12.0. The number of hydrogen-bond donors (Lipinski definition) is 3. The molecule has 1 saturated carbocycles. The largest absolute Gasteiger partial charge is 0.481 e. The lowest BCUT2D eigenvalue weighted by molar-refractivity contribution is -0.137. The van der Waals surface area contributed by atoms with Gasteiger partial charge in [0.15, 0.2) is 0 Å². The van der Waals surface area contributed by atoms with Crippen molar-refractivity contribution < 1.29 is 24.9 Å². The third kappa shape index (κ3) is 8.45. The molecular weight excluding hydrogens is 320 g/mol. The summed E-state index contributed by atoms with van der Waals surface area (Å²) in [5.74, 6) is -1.06. The van der Waals surface area contributed by atoms with Crippen LogP contribution in [0.4, 0.5) is 0 Å². The van der Waals surface area contributed by atoms with Crippen LogP contribution in [0.25, 0.3) is 0 Å². The number of carbonyl (C=O) groups excluding carboxylic acids is 1. The summed E-state index contributed by atoms with van der Waals surface area (Å²) >= 11 is 0. The number of unbranched alkanes of at least 4 members (excludes halogenated alkanes) is 3. The van der Waals surface area contributed by atoms with Gasteiger partial charge in [-0.1, -0.05) is 50.5 Å². The fourth-order valence-electron chi connectivity index (χ4n) is 3.27. The lowest BCUT2D eigenvalue weighted by Crippen LogP contribution is -2.19. The van der Waals surface area contributed by atoms with Gasteiger partial charge in [0.25, 0.3) is 0 Å². The molecule has 0 bridgehead atoms. The van der Waals surface area contributed by atoms with Crippen LogP contribution in [-0.4, -0.2) is 39.3 Å². The van der Waals surface area contributed by atoms with E-state index in [-0.39, 0.29) is 30.5 Å². The van der Waals surface area contributed by atoms with Gasteiger partial charge in [0.05, 0.1) is 12.2 Å². The predicted octanol–water partition coefficient (Wildman–Crippen LogP) is 3.25. The topological polar surface area (TPSA) is 94.8 Å². The maximum Gasteiger partial charge on any atom is 0.303 e. The average molecular weight is 352 g/mol. The first kappa shape index (κ1) is 21.6. The first-order valence-electron chi connectivity index (χ1n) is 9.39. The van der Waals surface area contributed by atoms with E-state index in [0.717, 1.165) is 25.7 Å². The number of ketones is 1. The standard InChI is InChI=1S/C20H32O5/c1-2-3-6-10-16-17(19(23)14-18(16)22)13-12-15(21)9-7-4-5-8-11-20(24)25/h4,7,12-13,15-18,21-22H,2-3,5-6,8-11,14H2,1H3,(H,24,25)/b7-4-,13-12+/t15-,16-,17+,18+/m0/s1. The molecule has 1 aliphatic rings. The Kier molecular flexibility index (Phi) is 10.3. The number of carboxylic acids is 1. The van der Waals surface area contributed by atoms with Crippen molar-refractivity contribution >= 4 is 11.8 Å². The molecule has 4 atom stereocenters. The molecule has 0 aromatic carbocycles. The van der Waals surface area contributed by atoms with E-state index in [1.165, 1.54) is 0 Å². The van der Waals surface area contributed by atoms with E-state index in [1.54, 1.807) is 12.2 Å². The van der Waals surface area contributed by atoms with Gasteiger partial charge in [0, 0.05) is 18.8 Å². The van der Waals surface area contributed by atoms with Crippen molar-refractivity contribution in [2.75, 3.05) is 0 Å². The van der Waals surface area contributed by atoms with Crippen LogP contribution in [0.1, 0.15) is 64.7 Å². The zero-order valence-corrected chi connectivity index (χ0v) is 15.1. The molecule has 3 N–H and O–H groups in total. The summed E-state index contributed by atoms with van der Waals surface area (Å²) < 4.78 is 0. The molecule has 5 nitrogen and oxygen atoms in total. The lowest BCUT2D eigenvalue weighted by Gasteiger charge is -2.18. The van der Waals surface area contributed by atoms with E-state index in [9.17, 15) is 19.8 Å². The van der Waals surface area contributed by atoms with Crippen LogP contribution in [0.5, 0.6) is 0 Å². The molecule has 0 aromatic heterocycles. The van der Waals surface area contributed by atoms with E-state index in [2.05, 4.69) is 6.92 Å². The van der Waals surface area contributed by atoms with Crippen molar-refractivity contribution in [2.45, 2.75) is 76.9 Å². The van der Waals surface area contributed by atoms with E-state index in [1.807, 2.05) is 12.2 Å².